The molecule has 1 fully saturated rings. The van der Waals surface area contributed by atoms with Crippen LogP contribution in [0.2, 0.25) is 0 Å². The van der Waals surface area contributed by atoms with E-state index in [0.29, 0.717) is 0 Å². The summed E-state index contributed by atoms with van der Waals surface area (Å²) in [4.78, 5) is 38.9. The highest BCUT2D eigenvalue weighted by Crippen LogP contribution is 2.29. The summed E-state index contributed by atoms with van der Waals surface area (Å²) >= 11 is 0. The minimum Gasteiger partial charge on any atom is -0.394 e. The number of aliphatic hydroxyl groups excluding tert-OH is 2. The van der Waals surface area contributed by atoms with Gasteiger partial charge in [-0.1, -0.05) is 0 Å². The number of H-pyrrole nitrogens is 1. The van der Waals surface area contributed by atoms with E-state index >= 15 is 0 Å². The number of methoxy groups -OCH3 is 1. The SMILES string of the molecule is CO[C@@H]1[C@H](O)[C@@H](CO)O[C@H]1n1ccc(=O)[nH]c1=O.O=[P+](O)O. The first kappa shape index (κ1) is 18.6. The van der Waals surface area contributed by atoms with Gasteiger partial charge in [0.15, 0.2) is 6.23 Å². The third kappa shape index (κ3) is 4.52. The number of ether oxygens (including phenoxy) is 2. The monoisotopic (exact) mass is 339 g/mol. The lowest BCUT2D eigenvalue weighted by molar-refractivity contribution is -0.0625. The maximum atomic E-state index is 11.6. The molecule has 5 N–H and O–H groups in total. The van der Waals surface area contributed by atoms with E-state index in [2.05, 4.69) is 4.98 Å². The van der Waals surface area contributed by atoms with Gasteiger partial charge < -0.3 is 19.7 Å². The van der Waals surface area contributed by atoms with E-state index in [-0.39, 0.29) is 0 Å². The van der Waals surface area contributed by atoms with E-state index in [1.165, 1.54) is 13.3 Å². The van der Waals surface area contributed by atoms with Gasteiger partial charge in [-0.3, -0.25) is 14.3 Å². The Morgan fingerprint density at radius 3 is 2.50 bits per heavy atom. The highest BCUT2D eigenvalue weighted by molar-refractivity contribution is 7.30. The number of rotatable bonds is 3. The van der Waals surface area contributed by atoms with Crippen molar-refractivity contribution in [2.45, 2.75) is 24.5 Å². The first-order valence-corrected chi connectivity index (χ1v) is 7.12. The van der Waals surface area contributed by atoms with Crippen LogP contribution >= 0.6 is 8.25 Å². The Bertz CT molecular complexity index is 611. The lowest BCUT2D eigenvalue weighted by atomic mass is 10.1. The van der Waals surface area contributed by atoms with Crippen molar-refractivity contribution in [2.75, 3.05) is 13.7 Å². The summed E-state index contributed by atoms with van der Waals surface area (Å²) in [6, 6.07) is 1.16. The standard InChI is InChI=1S/C10H14N2O6.HO3P/c1-17-8-7(15)5(4-13)18-9(8)12-3-2-6(14)11-10(12)16;1-4(2)3/h2-3,5,7-9,13,15H,4H2,1H3,(H,11,14,16);(H-,1,2,3)/p+1/t5-,7-,8-,9-;/m1./s1. The van der Waals surface area contributed by atoms with Crippen molar-refractivity contribution >= 4 is 8.25 Å². The van der Waals surface area contributed by atoms with Gasteiger partial charge in [0.2, 0.25) is 0 Å². The number of hydrogen-bond donors (Lipinski definition) is 5. The van der Waals surface area contributed by atoms with Gasteiger partial charge >= 0.3 is 13.9 Å². The van der Waals surface area contributed by atoms with Crippen LogP contribution in [0, 0.1) is 0 Å². The van der Waals surface area contributed by atoms with Gasteiger partial charge in [-0.05, 0) is 0 Å². The predicted molar refractivity (Wildman–Crippen MR) is 71.2 cm³/mol. The second kappa shape index (κ2) is 8.25. The van der Waals surface area contributed by atoms with Gasteiger partial charge in [-0.25, -0.2) is 4.79 Å². The Balaban J connectivity index is 0.000000541. The molecule has 1 saturated heterocycles. The van der Waals surface area contributed by atoms with Crippen LogP contribution in [0.25, 0.3) is 0 Å². The molecule has 0 unspecified atom stereocenters. The van der Waals surface area contributed by atoms with E-state index < -0.39 is 50.7 Å². The van der Waals surface area contributed by atoms with Crippen LogP contribution in [0.5, 0.6) is 0 Å². The number of nitrogens with zero attached hydrogens (tertiary/aromatic N) is 1. The molecule has 2 heterocycles. The topological polar surface area (TPSA) is 171 Å². The molecule has 1 aliphatic rings. The second-order valence-electron chi connectivity index (χ2n) is 4.21. The normalized spacial score (nSPS) is 27.1. The first-order valence-electron chi connectivity index (χ1n) is 5.95. The molecule has 0 aromatic carbocycles. The zero-order valence-corrected chi connectivity index (χ0v) is 12.3. The van der Waals surface area contributed by atoms with Crippen LogP contribution < -0.4 is 11.2 Å². The molecular weight excluding hydrogens is 323 g/mol. The molecule has 0 amide bonds. The minimum absolute atomic E-state index is 0.393. The Kier molecular flexibility index (Phi) is 6.97. The predicted octanol–water partition coefficient (Wildman–Crippen LogP) is -2.57. The summed E-state index contributed by atoms with van der Waals surface area (Å²) < 4.78 is 20.2. The van der Waals surface area contributed by atoms with Crippen molar-refractivity contribution in [3.05, 3.63) is 33.1 Å². The lowest BCUT2D eigenvalue weighted by Crippen LogP contribution is -2.38. The largest absolute Gasteiger partial charge is 0.692 e. The van der Waals surface area contributed by atoms with Crippen LogP contribution in [0.4, 0.5) is 0 Å². The fourth-order valence-electron chi connectivity index (χ4n) is 1.98. The Hall–Kier alpha value is -1.46. The van der Waals surface area contributed by atoms with Gasteiger partial charge in [0, 0.05) is 23.9 Å². The molecule has 124 valence electrons. The first-order chi connectivity index (χ1) is 10.3. The fraction of sp³-hybridized carbons (Fsp3) is 0.600. The molecule has 1 aromatic heterocycles. The summed E-state index contributed by atoms with van der Waals surface area (Å²) in [6.45, 7) is -0.393. The summed E-state index contributed by atoms with van der Waals surface area (Å²) in [7, 11) is -1.51. The van der Waals surface area contributed by atoms with Gasteiger partial charge in [0.05, 0.1) is 6.61 Å². The maximum Gasteiger partial charge on any atom is 0.692 e. The number of nitrogens with one attached hydrogen (secondary N) is 1. The summed E-state index contributed by atoms with van der Waals surface area (Å²) in [5, 5.41) is 18.9. The van der Waals surface area contributed by atoms with Crippen molar-refractivity contribution in [3.8, 4) is 0 Å². The molecule has 0 aliphatic carbocycles. The zero-order valence-electron chi connectivity index (χ0n) is 11.4. The highest BCUT2D eigenvalue weighted by atomic mass is 31.1. The van der Waals surface area contributed by atoms with Crippen molar-refractivity contribution in [1.29, 1.82) is 0 Å². The average molecular weight is 339 g/mol. The lowest BCUT2D eigenvalue weighted by Gasteiger charge is -2.19. The molecule has 4 atom stereocenters. The molecule has 12 heteroatoms. The van der Waals surface area contributed by atoms with Crippen LogP contribution in [0.3, 0.4) is 0 Å². The Labute approximate surface area is 124 Å². The van der Waals surface area contributed by atoms with E-state index in [0.717, 1.165) is 10.6 Å². The maximum absolute atomic E-state index is 11.6. The van der Waals surface area contributed by atoms with E-state index in [1.807, 2.05) is 0 Å². The molecule has 0 bridgehead atoms. The smallest absolute Gasteiger partial charge is 0.394 e. The Morgan fingerprint density at radius 2 is 2.05 bits per heavy atom. The minimum atomic E-state index is -2.87. The molecule has 0 saturated carbocycles. The van der Waals surface area contributed by atoms with Crippen molar-refractivity contribution < 1.29 is 34.0 Å². The summed E-state index contributed by atoms with van der Waals surface area (Å²) in [5.41, 5.74) is -1.19. The quantitative estimate of drug-likeness (QED) is 0.371. The summed E-state index contributed by atoms with van der Waals surface area (Å²) in [5.74, 6) is 0. The highest BCUT2D eigenvalue weighted by Gasteiger charge is 2.45. The molecule has 0 spiro atoms. The van der Waals surface area contributed by atoms with Gasteiger partial charge in [0.1, 0.15) is 18.3 Å². The number of aliphatic hydroxyl groups is 2. The zero-order chi connectivity index (χ0) is 16.9. The molecule has 2 rings (SSSR count). The van der Waals surface area contributed by atoms with E-state index in [9.17, 15) is 14.7 Å². The van der Waals surface area contributed by atoms with Crippen molar-refractivity contribution in [1.82, 2.24) is 9.55 Å². The fourth-order valence-corrected chi connectivity index (χ4v) is 1.98. The van der Waals surface area contributed by atoms with Crippen LogP contribution in [0.15, 0.2) is 21.9 Å². The number of hydrogen-bond acceptors (Lipinski definition) is 7. The average Bonchev–Trinajstić information content (AvgIpc) is 2.74. The van der Waals surface area contributed by atoms with Crippen LogP contribution in [-0.2, 0) is 14.0 Å². The van der Waals surface area contributed by atoms with Gasteiger partial charge in [0.25, 0.3) is 5.56 Å². The van der Waals surface area contributed by atoms with Gasteiger partial charge in [-0.15, -0.1) is 9.79 Å². The molecule has 1 aliphatic heterocycles. The van der Waals surface area contributed by atoms with Crippen molar-refractivity contribution in [3.63, 3.8) is 0 Å². The van der Waals surface area contributed by atoms with Crippen LogP contribution in [0.1, 0.15) is 6.23 Å². The van der Waals surface area contributed by atoms with Crippen LogP contribution in [-0.4, -0.2) is 61.6 Å². The van der Waals surface area contributed by atoms with E-state index in [4.69, 9.17) is 28.9 Å². The molecule has 22 heavy (non-hydrogen) atoms. The molecular formula is C10H16N2O9P+. The Morgan fingerprint density at radius 1 is 1.45 bits per heavy atom. The second-order valence-corrected chi connectivity index (χ2v) is 4.71. The van der Waals surface area contributed by atoms with Gasteiger partial charge in [-0.2, -0.15) is 0 Å². The third-order valence-corrected chi connectivity index (χ3v) is 2.89. The summed E-state index contributed by atoms with van der Waals surface area (Å²) in [6.07, 6.45) is -2.33. The number of aromatic nitrogens is 2. The molecule has 0 radical (unpaired) electrons. The molecule has 1 aromatic rings. The van der Waals surface area contributed by atoms with Crippen molar-refractivity contribution in [2.24, 2.45) is 0 Å². The third-order valence-electron chi connectivity index (χ3n) is 2.89. The number of aromatic amines is 1. The van der Waals surface area contributed by atoms with E-state index in [1.54, 1.807) is 0 Å². The molecule has 11 nitrogen and oxygen atoms in total.